The zero-order chi connectivity index (χ0) is 14.9. The van der Waals surface area contributed by atoms with Crippen molar-refractivity contribution in [3.8, 4) is 0 Å². The fourth-order valence-corrected chi connectivity index (χ4v) is 4.36. The molecular weight excluding hydrogens is 280 g/mol. The molecule has 1 amide bonds. The van der Waals surface area contributed by atoms with Crippen LogP contribution < -0.4 is 0 Å². The van der Waals surface area contributed by atoms with E-state index in [0.29, 0.717) is 25.0 Å². The van der Waals surface area contributed by atoms with Gasteiger partial charge in [-0.1, -0.05) is 6.42 Å². The van der Waals surface area contributed by atoms with Gasteiger partial charge in [-0.3, -0.25) is 9.63 Å². The van der Waals surface area contributed by atoms with Crippen molar-refractivity contribution < 1.29 is 14.4 Å². The zero-order valence-electron chi connectivity index (χ0n) is 13.4. The molecule has 3 aliphatic heterocycles. The van der Waals surface area contributed by atoms with Gasteiger partial charge in [0.15, 0.2) is 0 Å². The Hall–Kier alpha value is -0.650. The molecule has 0 unspecified atom stereocenters. The zero-order valence-corrected chi connectivity index (χ0v) is 13.4. The van der Waals surface area contributed by atoms with Crippen LogP contribution in [0, 0.1) is 11.8 Å². The van der Waals surface area contributed by atoms with Crippen LogP contribution in [0.15, 0.2) is 0 Å². The monoisotopic (exact) mass is 308 g/mol. The van der Waals surface area contributed by atoms with E-state index in [1.807, 2.05) is 0 Å². The van der Waals surface area contributed by atoms with E-state index in [4.69, 9.17) is 9.57 Å². The third kappa shape index (κ3) is 3.17. The van der Waals surface area contributed by atoms with Gasteiger partial charge in [0.1, 0.15) is 0 Å². The van der Waals surface area contributed by atoms with E-state index in [1.165, 1.54) is 32.4 Å². The molecule has 1 saturated carbocycles. The Morgan fingerprint density at radius 3 is 2.73 bits per heavy atom. The second-order valence-corrected chi connectivity index (χ2v) is 7.55. The van der Waals surface area contributed by atoms with Crippen molar-refractivity contribution in [2.75, 3.05) is 32.8 Å². The average Bonchev–Trinajstić information content (AvgIpc) is 3.01. The van der Waals surface area contributed by atoms with Crippen LogP contribution in [0.2, 0.25) is 0 Å². The summed E-state index contributed by atoms with van der Waals surface area (Å²) in [5, 5.41) is 1.56. The molecule has 0 aromatic heterocycles. The van der Waals surface area contributed by atoms with E-state index in [0.717, 1.165) is 38.3 Å². The van der Waals surface area contributed by atoms with Crippen molar-refractivity contribution >= 4 is 5.91 Å². The van der Waals surface area contributed by atoms with E-state index in [9.17, 15) is 4.79 Å². The molecule has 5 nitrogen and oxygen atoms in total. The van der Waals surface area contributed by atoms with Gasteiger partial charge in [-0.15, -0.1) is 0 Å². The topological polar surface area (TPSA) is 42.0 Å². The average molecular weight is 308 g/mol. The maximum absolute atomic E-state index is 12.2. The Kier molecular flexibility index (Phi) is 4.38. The minimum atomic E-state index is 0.107. The van der Waals surface area contributed by atoms with Crippen LogP contribution in [-0.4, -0.2) is 60.9 Å². The summed E-state index contributed by atoms with van der Waals surface area (Å²) in [6.45, 7) is 4.94. The van der Waals surface area contributed by atoms with Crippen molar-refractivity contribution in [3.05, 3.63) is 0 Å². The first-order valence-electron chi connectivity index (χ1n) is 9.09. The van der Waals surface area contributed by atoms with Crippen LogP contribution in [0.4, 0.5) is 0 Å². The fraction of sp³-hybridized carbons (Fsp3) is 0.941. The van der Waals surface area contributed by atoms with Crippen LogP contribution >= 0.6 is 0 Å². The lowest BCUT2D eigenvalue weighted by Crippen LogP contribution is -2.38. The molecule has 22 heavy (non-hydrogen) atoms. The van der Waals surface area contributed by atoms with Gasteiger partial charge < -0.3 is 9.64 Å². The molecule has 5 heteroatoms. The lowest BCUT2D eigenvalue weighted by atomic mass is 9.85. The number of amides is 1. The first-order valence-corrected chi connectivity index (χ1v) is 9.09. The molecule has 1 aliphatic carbocycles. The van der Waals surface area contributed by atoms with Gasteiger partial charge in [-0.05, 0) is 38.0 Å². The molecule has 3 saturated heterocycles. The normalized spacial score (nSPS) is 36.4. The number of rotatable bonds is 4. The van der Waals surface area contributed by atoms with Crippen LogP contribution in [0.3, 0.4) is 0 Å². The minimum absolute atomic E-state index is 0.107. The number of hydrogen-bond donors (Lipinski definition) is 0. The third-order valence-electron chi connectivity index (χ3n) is 5.81. The second kappa shape index (κ2) is 6.46. The molecule has 0 aromatic rings. The van der Waals surface area contributed by atoms with E-state index in [-0.39, 0.29) is 12.0 Å². The number of likely N-dealkylation sites (tertiary alicyclic amines) is 1. The van der Waals surface area contributed by atoms with Gasteiger partial charge in [-0.25, -0.2) is 5.06 Å². The van der Waals surface area contributed by atoms with E-state index in [2.05, 4.69) is 4.90 Å². The molecule has 0 bridgehead atoms. The number of carbonyl (C=O) groups excluding carboxylic acids is 1. The predicted octanol–water partition coefficient (Wildman–Crippen LogP) is 1.82. The number of ether oxygens (including phenoxy) is 1. The molecule has 3 atom stereocenters. The molecule has 4 aliphatic rings. The van der Waals surface area contributed by atoms with Crippen molar-refractivity contribution in [2.24, 2.45) is 11.8 Å². The smallest absolute Gasteiger partial charge is 0.248 e. The number of hydroxylamine groups is 2. The molecule has 4 rings (SSSR count). The van der Waals surface area contributed by atoms with Crippen LogP contribution in [0.5, 0.6) is 0 Å². The predicted molar refractivity (Wildman–Crippen MR) is 82.1 cm³/mol. The van der Waals surface area contributed by atoms with Crippen molar-refractivity contribution in [1.29, 1.82) is 0 Å². The molecule has 4 fully saturated rings. The standard InChI is InChI=1S/C17H28N2O3/c20-17(19-6-1-2-7-21-19)9-15-8-14-11-18(12-16(14)22-15)10-13-4-3-5-13/h13-16H,1-12H2/t14-,15+,16+/m1/s1. The Morgan fingerprint density at radius 2 is 2.05 bits per heavy atom. The summed E-state index contributed by atoms with van der Waals surface area (Å²) in [4.78, 5) is 20.3. The van der Waals surface area contributed by atoms with Gasteiger partial charge in [0.25, 0.3) is 0 Å². The van der Waals surface area contributed by atoms with E-state index < -0.39 is 0 Å². The lowest BCUT2D eigenvalue weighted by molar-refractivity contribution is -0.199. The molecule has 3 heterocycles. The van der Waals surface area contributed by atoms with Crippen molar-refractivity contribution in [2.45, 2.75) is 57.2 Å². The highest BCUT2D eigenvalue weighted by Gasteiger charge is 2.43. The summed E-state index contributed by atoms with van der Waals surface area (Å²) in [7, 11) is 0. The Morgan fingerprint density at radius 1 is 1.14 bits per heavy atom. The number of hydrogen-bond acceptors (Lipinski definition) is 4. The fourth-order valence-electron chi connectivity index (χ4n) is 4.36. The summed E-state index contributed by atoms with van der Waals surface area (Å²) in [5.41, 5.74) is 0. The van der Waals surface area contributed by atoms with Gasteiger partial charge in [0.2, 0.25) is 5.91 Å². The Bertz CT molecular complexity index is 393. The quantitative estimate of drug-likeness (QED) is 0.794. The summed E-state index contributed by atoms with van der Waals surface area (Å²) >= 11 is 0. The number of nitrogens with zero attached hydrogens (tertiary/aromatic N) is 2. The highest BCUT2D eigenvalue weighted by atomic mass is 16.7. The van der Waals surface area contributed by atoms with E-state index >= 15 is 0 Å². The summed E-state index contributed by atoms with van der Waals surface area (Å²) in [6.07, 6.45) is 8.38. The van der Waals surface area contributed by atoms with Gasteiger partial charge >= 0.3 is 0 Å². The summed E-state index contributed by atoms with van der Waals surface area (Å²) in [5.74, 6) is 1.68. The highest BCUT2D eigenvalue weighted by molar-refractivity contribution is 5.75. The first kappa shape index (κ1) is 14.9. The second-order valence-electron chi connectivity index (χ2n) is 7.55. The molecular formula is C17H28N2O3. The lowest BCUT2D eigenvalue weighted by Gasteiger charge is -2.30. The van der Waals surface area contributed by atoms with E-state index in [1.54, 1.807) is 5.06 Å². The van der Waals surface area contributed by atoms with Gasteiger partial charge in [-0.2, -0.15) is 0 Å². The molecule has 0 radical (unpaired) electrons. The molecule has 124 valence electrons. The Labute approximate surface area is 132 Å². The molecule has 0 N–H and O–H groups in total. The van der Waals surface area contributed by atoms with Crippen LogP contribution in [0.1, 0.15) is 44.9 Å². The Balaban J connectivity index is 1.22. The number of fused-ring (bicyclic) bond motifs is 1. The van der Waals surface area contributed by atoms with Crippen LogP contribution in [0.25, 0.3) is 0 Å². The largest absolute Gasteiger partial charge is 0.373 e. The minimum Gasteiger partial charge on any atom is -0.373 e. The summed E-state index contributed by atoms with van der Waals surface area (Å²) < 4.78 is 6.17. The molecule has 0 spiro atoms. The maximum Gasteiger partial charge on any atom is 0.248 e. The third-order valence-corrected chi connectivity index (χ3v) is 5.81. The molecule has 0 aromatic carbocycles. The summed E-state index contributed by atoms with van der Waals surface area (Å²) in [6, 6.07) is 0. The van der Waals surface area contributed by atoms with Crippen molar-refractivity contribution in [1.82, 2.24) is 9.96 Å². The van der Waals surface area contributed by atoms with Gasteiger partial charge in [0, 0.05) is 32.1 Å². The number of carbonyl (C=O) groups is 1. The van der Waals surface area contributed by atoms with Crippen LogP contribution in [-0.2, 0) is 14.4 Å². The van der Waals surface area contributed by atoms with Crippen molar-refractivity contribution in [3.63, 3.8) is 0 Å². The maximum atomic E-state index is 12.2. The van der Waals surface area contributed by atoms with Gasteiger partial charge in [0.05, 0.1) is 25.2 Å². The SMILES string of the molecule is O=C(C[C@@H]1C[C@@H]2CN(CC3CCC3)C[C@@H]2O1)N1CCCCO1. The first-order chi connectivity index (χ1) is 10.8. The highest BCUT2D eigenvalue weighted by Crippen LogP contribution is 2.36.